The Bertz CT molecular complexity index is 1580. The van der Waals surface area contributed by atoms with Crippen molar-refractivity contribution in [2.24, 2.45) is 45.3 Å². The van der Waals surface area contributed by atoms with E-state index in [1.54, 1.807) is 4.90 Å². The molecule has 2 heterocycles. The lowest BCUT2D eigenvalue weighted by atomic mass is 9.73. The number of ketones is 4. The number of carbonyl (C=O) groups excluding carboxylic acids is 6. The van der Waals surface area contributed by atoms with Gasteiger partial charge < -0.3 is 10.2 Å². The summed E-state index contributed by atoms with van der Waals surface area (Å²) < 4.78 is 0. The molecule has 1 aliphatic heterocycles. The smallest absolute Gasteiger partial charge is 0.272 e. The minimum atomic E-state index is -0.764. The summed E-state index contributed by atoms with van der Waals surface area (Å²) in [6.07, 6.45) is 16.1. The van der Waals surface area contributed by atoms with Crippen LogP contribution in [-0.2, 0) is 24.0 Å². The van der Waals surface area contributed by atoms with Gasteiger partial charge in [-0.1, -0.05) is 73.6 Å². The molecule has 1 unspecified atom stereocenters. The fraction of sp³-hybridized carbons (Fsp3) is 0.767. The third-order valence-corrected chi connectivity index (χ3v) is 14.7. The molecule has 5 atom stereocenters. The Hall–Kier alpha value is -3.30. The van der Waals surface area contributed by atoms with Crippen molar-refractivity contribution in [1.82, 2.24) is 20.2 Å². The van der Waals surface area contributed by atoms with E-state index in [9.17, 15) is 24.0 Å². The van der Waals surface area contributed by atoms with Crippen LogP contribution in [0.3, 0.4) is 0 Å². The number of rotatable bonds is 16. The fourth-order valence-electron chi connectivity index (χ4n) is 10.9. The SMILES string of the molecule is CCCC(CC(=O)[C@@H]1C[C@]2(CN1C(=O)[C@@H](CC(=O)[C@@H](NC(=O)c1cnccn1)C1CCCCC1)C(C)(C)C)C(C)(C)C21CCC1)C(=O)C(=O)CC1CC1. The van der Waals surface area contributed by atoms with Gasteiger partial charge in [-0.05, 0) is 79.4 Å². The van der Waals surface area contributed by atoms with Crippen LogP contribution >= 0.6 is 0 Å². The highest BCUT2D eigenvalue weighted by molar-refractivity contribution is 6.38. The van der Waals surface area contributed by atoms with Crippen molar-refractivity contribution in [3.8, 4) is 0 Å². The molecular formula is C43H62N4O6. The highest BCUT2D eigenvalue weighted by Crippen LogP contribution is 2.88. The lowest BCUT2D eigenvalue weighted by molar-refractivity contribution is -0.147. The maximum atomic E-state index is 15.1. The molecule has 1 saturated heterocycles. The number of hydrogen-bond acceptors (Lipinski definition) is 8. The van der Waals surface area contributed by atoms with E-state index in [-0.39, 0.29) is 76.3 Å². The van der Waals surface area contributed by atoms with Crippen molar-refractivity contribution in [2.75, 3.05) is 6.54 Å². The van der Waals surface area contributed by atoms with Crippen LogP contribution in [0.2, 0.25) is 0 Å². The minimum absolute atomic E-state index is 0.0432. The number of aromatic nitrogens is 2. The molecule has 10 nitrogen and oxygen atoms in total. The second kappa shape index (κ2) is 15.1. The Morgan fingerprint density at radius 2 is 1.62 bits per heavy atom. The number of likely N-dealkylation sites (tertiary alicyclic amines) is 1. The average Bonchev–Trinajstić information content (AvgIpc) is 3.94. The Morgan fingerprint density at radius 1 is 0.925 bits per heavy atom. The van der Waals surface area contributed by atoms with Gasteiger partial charge in [0.15, 0.2) is 17.3 Å². The summed E-state index contributed by atoms with van der Waals surface area (Å²) in [5.41, 5.74) is -0.655. The zero-order chi connectivity index (χ0) is 38.3. The Kier molecular flexibility index (Phi) is 11.2. The van der Waals surface area contributed by atoms with Gasteiger partial charge in [0.05, 0.1) is 18.3 Å². The van der Waals surface area contributed by atoms with Crippen LogP contribution < -0.4 is 5.32 Å². The highest BCUT2D eigenvalue weighted by Gasteiger charge is 2.85. The molecule has 290 valence electrons. The second-order valence-corrected chi connectivity index (χ2v) is 18.9. The first-order valence-electron chi connectivity index (χ1n) is 20.6. The number of fused-ring (bicyclic) bond motifs is 1. The zero-order valence-electron chi connectivity index (χ0n) is 33.0. The molecule has 1 aromatic rings. The van der Waals surface area contributed by atoms with E-state index >= 15 is 4.79 Å². The summed E-state index contributed by atoms with van der Waals surface area (Å²) >= 11 is 0. The van der Waals surface area contributed by atoms with Crippen LogP contribution in [0, 0.1) is 45.3 Å². The van der Waals surface area contributed by atoms with Gasteiger partial charge in [-0.2, -0.15) is 0 Å². The lowest BCUT2D eigenvalue weighted by Crippen LogP contribution is -2.51. The first kappa shape index (κ1) is 39.4. The van der Waals surface area contributed by atoms with Gasteiger partial charge >= 0.3 is 0 Å². The van der Waals surface area contributed by atoms with Gasteiger partial charge in [0.25, 0.3) is 5.91 Å². The predicted molar refractivity (Wildman–Crippen MR) is 200 cm³/mol. The van der Waals surface area contributed by atoms with E-state index in [2.05, 4.69) is 29.1 Å². The van der Waals surface area contributed by atoms with E-state index in [1.807, 2.05) is 27.7 Å². The molecule has 0 bridgehead atoms. The number of nitrogens with one attached hydrogen (secondary N) is 1. The summed E-state index contributed by atoms with van der Waals surface area (Å²) in [6, 6.07) is -1.47. The molecule has 6 rings (SSSR count). The van der Waals surface area contributed by atoms with Crippen molar-refractivity contribution in [3.63, 3.8) is 0 Å². The van der Waals surface area contributed by atoms with E-state index in [0.29, 0.717) is 25.8 Å². The molecule has 0 radical (unpaired) electrons. The van der Waals surface area contributed by atoms with Crippen LogP contribution in [0.15, 0.2) is 18.6 Å². The molecule has 2 amide bonds. The van der Waals surface area contributed by atoms with Gasteiger partial charge in [0.2, 0.25) is 11.7 Å². The van der Waals surface area contributed by atoms with Gasteiger partial charge in [-0.3, -0.25) is 33.8 Å². The summed E-state index contributed by atoms with van der Waals surface area (Å²) in [6.45, 7) is 12.9. The lowest BCUT2D eigenvalue weighted by Gasteiger charge is -2.37. The Morgan fingerprint density at radius 3 is 2.17 bits per heavy atom. The van der Waals surface area contributed by atoms with E-state index in [4.69, 9.17) is 0 Å². The third-order valence-electron chi connectivity index (χ3n) is 14.7. The molecule has 5 fully saturated rings. The van der Waals surface area contributed by atoms with E-state index in [1.165, 1.54) is 18.6 Å². The van der Waals surface area contributed by atoms with Crippen molar-refractivity contribution in [1.29, 1.82) is 0 Å². The predicted octanol–water partition coefficient (Wildman–Crippen LogP) is 6.89. The van der Waals surface area contributed by atoms with Crippen molar-refractivity contribution in [3.05, 3.63) is 24.3 Å². The van der Waals surface area contributed by atoms with Crippen LogP contribution in [0.25, 0.3) is 0 Å². The van der Waals surface area contributed by atoms with Crippen LogP contribution in [0.5, 0.6) is 0 Å². The largest absolute Gasteiger partial charge is 0.341 e. The molecular weight excluding hydrogens is 668 g/mol. The second-order valence-electron chi connectivity index (χ2n) is 18.9. The minimum Gasteiger partial charge on any atom is -0.341 e. The number of amides is 2. The average molecular weight is 731 g/mol. The van der Waals surface area contributed by atoms with Crippen molar-refractivity contribution in [2.45, 2.75) is 156 Å². The standard InChI is InChI=1S/C43H62N4O6/c1-7-12-29(37(51)35(50)21-27-15-16-27)22-33(48)32-24-43(41(5,6)42(43)17-11-18-42)26-47(32)39(53)30(40(2,3)4)23-34(49)36(28-13-9-8-10-14-28)46-38(52)31-25-44-19-20-45-31/h19-20,25,27-30,32,36H,7-18,21-24,26H2,1-6H3,(H,46,52)/t29?,30-,32+,36+,43+/m1/s1. The first-order valence-corrected chi connectivity index (χ1v) is 20.6. The van der Waals surface area contributed by atoms with Gasteiger partial charge in [-0.25, -0.2) is 4.98 Å². The quantitative estimate of drug-likeness (QED) is 0.181. The number of nitrogens with zero attached hydrogens (tertiary/aromatic N) is 3. The molecule has 0 aromatic carbocycles. The number of hydrogen-bond donors (Lipinski definition) is 1. The van der Waals surface area contributed by atoms with Crippen LogP contribution in [0.1, 0.15) is 155 Å². The first-order chi connectivity index (χ1) is 25.1. The topological polar surface area (TPSA) is 143 Å². The molecule has 53 heavy (non-hydrogen) atoms. The maximum Gasteiger partial charge on any atom is 0.272 e. The maximum absolute atomic E-state index is 15.1. The molecule has 2 spiro atoms. The molecule has 1 aromatic heterocycles. The van der Waals surface area contributed by atoms with E-state index in [0.717, 1.165) is 64.2 Å². The Balaban J connectivity index is 1.26. The van der Waals surface area contributed by atoms with Crippen LogP contribution in [0.4, 0.5) is 0 Å². The highest BCUT2D eigenvalue weighted by atomic mass is 16.2. The zero-order valence-corrected chi connectivity index (χ0v) is 33.0. The molecule has 10 heteroatoms. The summed E-state index contributed by atoms with van der Waals surface area (Å²) in [5.74, 6) is -2.94. The van der Waals surface area contributed by atoms with Gasteiger partial charge in [0.1, 0.15) is 5.69 Å². The monoisotopic (exact) mass is 730 g/mol. The van der Waals surface area contributed by atoms with Crippen molar-refractivity contribution >= 4 is 34.9 Å². The molecule has 4 aliphatic carbocycles. The summed E-state index contributed by atoms with van der Waals surface area (Å²) in [5, 5.41) is 2.99. The van der Waals surface area contributed by atoms with Crippen molar-refractivity contribution < 1.29 is 28.8 Å². The molecule has 4 saturated carbocycles. The van der Waals surface area contributed by atoms with E-state index < -0.39 is 41.0 Å². The van der Waals surface area contributed by atoms with Crippen LogP contribution in [-0.4, -0.2) is 68.4 Å². The normalized spacial score (nSPS) is 26.4. The number of Topliss-reactive ketones (excluding diaryl/α,β-unsaturated/α-hetero) is 4. The fourth-order valence-corrected chi connectivity index (χ4v) is 10.9. The number of carbonyl (C=O) groups is 6. The molecule has 1 N–H and O–H groups in total. The molecule has 5 aliphatic rings. The third kappa shape index (κ3) is 7.41. The Labute approximate surface area is 315 Å². The van der Waals surface area contributed by atoms with Gasteiger partial charge in [0, 0.05) is 55.5 Å². The summed E-state index contributed by atoms with van der Waals surface area (Å²) in [4.78, 5) is 93.8. The summed E-state index contributed by atoms with van der Waals surface area (Å²) in [7, 11) is 0. The van der Waals surface area contributed by atoms with Gasteiger partial charge in [-0.15, -0.1) is 0 Å².